The zero-order chi connectivity index (χ0) is 23.1. The van der Waals surface area contributed by atoms with Gasteiger partial charge in [-0.3, -0.25) is 4.79 Å². The first-order valence-electron chi connectivity index (χ1n) is 10.7. The molecule has 0 saturated heterocycles. The molecule has 0 unspecified atom stereocenters. The van der Waals surface area contributed by atoms with Gasteiger partial charge in [-0.05, 0) is 38.2 Å². The van der Waals surface area contributed by atoms with Crippen molar-refractivity contribution in [1.29, 1.82) is 0 Å². The van der Waals surface area contributed by atoms with E-state index >= 15 is 0 Å². The molecule has 3 rings (SSSR count). The van der Waals surface area contributed by atoms with Gasteiger partial charge in [-0.25, -0.2) is 4.98 Å². The van der Waals surface area contributed by atoms with E-state index in [4.69, 9.17) is 0 Å². The number of amides is 1. The minimum Gasteiger partial charge on any atom is -0.405 e. The van der Waals surface area contributed by atoms with E-state index in [0.717, 1.165) is 37.9 Å². The Kier molecular flexibility index (Phi) is 7.87. The highest BCUT2D eigenvalue weighted by Gasteiger charge is 2.32. The number of anilines is 1. The average Bonchev–Trinajstić information content (AvgIpc) is 2.75. The summed E-state index contributed by atoms with van der Waals surface area (Å²) in [6.07, 6.45) is 0.302. The number of aryl methyl sites for hydroxylation is 2. The smallest absolute Gasteiger partial charge is 0.405 e. The van der Waals surface area contributed by atoms with Crippen LogP contribution in [0, 0.1) is 18.8 Å². The van der Waals surface area contributed by atoms with E-state index < -0.39 is 6.36 Å². The number of hydrogen-bond donors (Lipinski definition) is 2. The van der Waals surface area contributed by atoms with Gasteiger partial charge in [0, 0.05) is 31.5 Å². The second kappa shape index (κ2) is 10.6. The van der Waals surface area contributed by atoms with Crippen molar-refractivity contribution in [3.63, 3.8) is 0 Å². The van der Waals surface area contributed by atoms with Crippen LogP contribution in [0.15, 0.2) is 24.3 Å². The average molecular weight is 451 g/mol. The summed E-state index contributed by atoms with van der Waals surface area (Å²) in [5, 5.41) is 5.71. The molecule has 7 nitrogen and oxygen atoms in total. The number of aromatic nitrogens is 3. The molecule has 32 heavy (non-hydrogen) atoms. The Labute approximate surface area is 185 Å². The van der Waals surface area contributed by atoms with Crippen molar-refractivity contribution < 1.29 is 22.7 Å². The normalized spacial score (nSPS) is 18.8. The van der Waals surface area contributed by atoms with Crippen LogP contribution in [0.2, 0.25) is 0 Å². The summed E-state index contributed by atoms with van der Waals surface area (Å²) < 4.78 is 41.8. The SMILES string of the molecule is CNc1nc(C)nc(CC[C@@H]2CCC[C@H](C(=O)NCc3ccccc3OC(F)(F)F)C2)n1. The number of ether oxygens (including phenoxy) is 1. The molecule has 1 aromatic carbocycles. The van der Waals surface area contributed by atoms with E-state index in [1.54, 1.807) is 13.1 Å². The fourth-order valence-electron chi connectivity index (χ4n) is 4.09. The number of halogens is 3. The van der Waals surface area contributed by atoms with Crippen LogP contribution in [0.5, 0.6) is 5.75 Å². The number of alkyl halides is 3. The summed E-state index contributed by atoms with van der Waals surface area (Å²) in [7, 11) is 1.76. The molecule has 0 bridgehead atoms. The Balaban J connectivity index is 1.52. The monoisotopic (exact) mass is 451 g/mol. The lowest BCUT2D eigenvalue weighted by Crippen LogP contribution is -2.33. The minimum absolute atomic E-state index is 0.0107. The number of rotatable bonds is 8. The molecule has 174 valence electrons. The zero-order valence-electron chi connectivity index (χ0n) is 18.2. The van der Waals surface area contributed by atoms with E-state index in [1.807, 2.05) is 6.92 Å². The lowest BCUT2D eigenvalue weighted by atomic mass is 9.79. The molecular weight excluding hydrogens is 423 g/mol. The molecule has 1 fully saturated rings. The standard InChI is InChI=1S/C22H28F3N5O2/c1-14-28-19(30-21(26-2)29-14)11-10-15-6-5-8-16(12-15)20(31)27-13-17-7-3-4-9-18(17)32-22(23,24)25/h3-4,7,9,15-16H,5-6,8,10-13H2,1-2H3,(H,27,31)(H,26,28,29,30)/t15-,16-/m0/s1. The van der Waals surface area contributed by atoms with E-state index in [-0.39, 0.29) is 29.7 Å². The summed E-state index contributed by atoms with van der Waals surface area (Å²) >= 11 is 0. The first kappa shape index (κ1) is 23.7. The van der Waals surface area contributed by atoms with E-state index in [0.29, 0.717) is 24.1 Å². The minimum atomic E-state index is -4.78. The molecule has 0 aliphatic heterocycles. The van der Waals surface area contributed by atoms with Crippen molar-refractivity contribution in [2.45, 2.75) is 58.4 Å². The summed E-state index contributed by atoms with van der Waals surface area (Å²) in [5.74, 6) is 1.72. The van der Waals surface area contributed by atoms with Crippen molar-refractivity contribution in [1.82, 2.24) is 20.3 Å². The van der Waals surface area contributed by atoms with Crippen LogP contribution in [-0.2, 0) is 17.8 Å². The molecule has 2 atom stereocenters. The van der Waals surface area contributed by atoms with Crippen LogP contribution >= 0.6 is 0 Å². The predicted molar refractivity (Wildman–Crippen MR) is 113 cm³/mol. The fourth-order valence-corrected chi connectivity index (χ4v) is 4.09. The molecule has 2 aromatic rings. The maximum atomic E-state index is 12.7. The van der Waals surface area contributed by atoms with Crippen LogP contribution < -0.4 is 15.4 Å². The highest BCUT2D eigenvalue weighted by molar-refractivity contribution is 5.78. The Bertz CT molecular complexity index is 923. The lowest BCUT2D eigenvalue weighted by Gasteiger charge is -2.28. The van der Waals surface area contributed by atoms with Gasteiger partial charge in [0.2, 0.25) is 11.9 Å². The molecule has 1 saturated carbocycles. The first-order chi connectivity index (χ1) is 15.2. The third kappa shape index (κ3) is 7.06. The van der Waals surface area contributed by atoms with Crippen LogP contribution in [-0.4, -0.2) is 34.3 Å². The Morgan fingerprint density at radius 1 is 1.19 bits per heavy atom. The summed E-state index contributed by atoms with van der Waals surface area (Å²) in [6, 6.07) is 5.84. The van der Waals surface area contributed by atoms with Gasteiger partial charge < -0.3 is 15.4 Å². The number of nitrogens with one attached hydrogen (secondary N) is 2. The third-order valence-electron chi connectivity index (χ3n) is 5.60. The van der Waals surface area contributed by atoms with Gasteiger partial charge in [0.1, 0.15) is 17.4 Å². The van der Waals surface area contributed by atoms with Crippen molar-refractivity contribution in [3.8, 4) is 5.75 Å². The van der Waals surface area contributed by atoms with Gasteiger partial charge in [0.25, 0.3) is 0 Å². The third-order valence-corrected chi connectivity index (χ3v) is 5.60. The number of hydrogen-bond acceptors (Lipinski definition) is 6. The highest BCUT2D eigenvalue weighted by Crippen LogP contribution is 2.32. The van der Waals surface area contributed by atoms with Gasteiger partial charge >= 0.3 is 6.36 Å². The lowest BCUT2D eigenvalue weighted by molar-refractivity contribution is -0.274. The van der Waals surface area contributed by atoms with Crippen molar-refractivity contribution >= 4 is 11.9 Å². The summed E-state index contributed by atoms with van der Waals surface area (Å²) in [4.78, 5) is 25.7. The maximum absolute atomic E-state index is 12.7. The Hall–Kier alpha value is -2.91. The van der Waals surface area contributed by atoms with Gasteiger partial charge in [-0.2, -0.15) is 9.97 Å². The van der Waals surface area contributed by atoms with Gasteiger partial charge in [0.15, 0.2) is 0 Å². The van der Waals surface area contributed by atoms with Crippen molar-refractivity contribution in [3.05, 3.63) is 41.5 Å². The molecule has 1 aliphatic rings. The fraction of sp³-hybridized carbons (Fsp3) is 0.545. The second-order valence-corrected chi connectivity index (χ2v) is 8.01. The number of carbonyl (C=O) groups is 1. The van der Waals surface area contributed by atoms with Crippen molar-refractivity contribution in [2.24, 2.45) is 11.8 Å². The highest BCUT2D eigenvalue weighted by atomic mass is 19.4. The summed E-state index contributed by atoms with van der Waals surface area (Å²) in [6.45, 7) is 1.81. The van der Waals surface area contributed by atoms with Gasteiger partial charge in [-0.1, -0.05) is 31.0 Å². The van der Waals surface area contributed by atoms with Crippen molar-refractivity contribution in [2.75, 3.05) is 12.4 Å². The van der Waals surface area contributed by atoms with E-state index in [9.17, 15) is 18.0 Å². The van der Waals surface area contributed by atoms with E-state index in [2.05, 4.69) is 30.3 Å². The predicted octanol–water partition coefficient (Wildman–Crippen LogP) is 4.18. The van der Waals surface area contributed by atoms with Crippen LogP contribution in [0.4, 0.5) is 19.1 Å². The number of para-hydroxylation sites is 1. The number of benzene rings is 1. The molecule has 1 amide bonds. The van der Waals surface area contributed by atoms with Gasteiger partial charge in [-0.15, -0.1) is 13.2 Å². The van der Waals surface area contributed by atoms with Gasteiger partial charge in [0.05, 0.1) is 0 Å². The molecule has 0 radical (unpaired) electrons. The molecular formula is C22H28F3N5O2. The molecule has 10 heteroatoms. The second-order valence-electron chi connectivity index (χ2n) is 8.01. The summed E-state index contributed by atoms with van der Waals surface area (Å²) in [5.41, 5.74) is 0.288. The molecule has 1 aliphatic carbocycles. The Morgan fingerprint density at radius 3 is 2.72 bits per heavy atom. The Morgan fingerprint density at radius 2 is 1.97 bits per heavy atom. The molecule has 1 heterocycles. The van der Waals surface area contributed by atoms with Crippen LogP contribution in [0.25, 0.3) is 0 Å². The number of carbonyl (C=O) groups excluding carboxylic acids is 1. The maximum Gasteiger partial charge on any atom is 0.573 e. The molecule has 0 spiro atoms. The topological polar surface area (TPSA) is 89.0 Å². The zero-order valence-corrected chi connectivity index (χ0v) is 18.2. The van der Waals surface area contributed by atoms with E-state index in [1.165, 1.54) is 18.2 Å². The molecule has 1 aromatic heterocycles. The quantitative estimate of drug-likeness (QED) is 0.626. The number of nitrogens with zero attached hydrogens (tertiary/aromatic N) is 3. The van der Waals surface area contributed by atoms with Crippen LogP contribution in [0.3, 0.4) is 0 Å². The first-order valence-corrected chi connectivity index (χ1v) is 10.7. The van der Waals surface area contributed by atoms with Crippen LogP contribution in [0.1, 0.15) is 49.3 Å². The molecule has 2 N–H and O–H groups in total. The largest absolute Gasteiger partial charge is 0.573 e.